The van der Waals surface area contributed by atoms with E-state index in [0.29, 0.717) is 11.9 Å². The number of carbonyl (C=O) groups excluding carboxylic acids is 1. The van der Waals surface area contributed by atoms with Crippen LogP contribution in [-0.2, 0) is 11.0 Å². The highest BCUT2D eigenvalue weighted by molar-refractivity contribution is 5.95. The Morgan fingerprint density at radius 1 is 1.26 bits per heavy atom. The van der Waals surface area contributed by atoms with Crippen LogP contribution < -0.4 is 0 Å². The van der Waals surface area contributed by atoms with Gasteiger partial charge < -0.3 is 10.0 Å². The van der Waals surface area contributed by atoms with Gasteiger partial charge in [0.1, 0.15) is 0 Å². The summed E-state index contributed by atoms with van der Waals surface area (Å²) in [5.41, 5.74) is -0.150. The molecule has 2 aromatic rings. The summed E-state index contributed by atoms with van der Waals surface area (Å²) in [5, 5.41) is 12.9. The number of carbonyl (C=O) groups is 2. The van der Waals surface area contributed by atoms with Crippen LogP contribution in [0.3, 0.4) is 0 Å². The summed E-state index contributed by atoms with van der Waals surface area (Å²) in [6.45, 7) is 3.65. The molecule has 1 amide bonds. The summed E-state index contributed by atoms with van der Waals surface area (Å²) in [5.74, 6) is -1.47. The van der Waals surface area contributed by atoms with Crippen molar-refractivity contribution >= 4 is 11.9 Å². The molecule has 0 fully saturated rings. The zero-order valence-electron chi connectivity index (χ0n) is 15.0. The van der Waals surface area contributed by atoms with Gasteiger partial charge in [0.05, 0.1) is 29.4 Å². The zero-order chi connectivity index (χ0) is 20.4. The van der Waals surface area contributed by atoms with Crippen molar-refractivity contribution < 1.29 is 27.9 Å². The maximum Gasteiger partial charge on any atom is 0.417 e. The van der Waals surface area contributed by atoms with Crippen LogP contribution in [0.5, 0.6) is 0 Å². The van der Waals surface area contributed by atoms with Crippen LogP contribution in [0.1, 0.15) is 47.8 Å². The highest BCUT2D eigenvalue weighted by Crippen LogP contribution is 2.29. The predicted molar refractivity (Wildman–Crippen MR) is 89.7 cm³/mol. The Morgan fingerprint density at radius 2 is 1.93 bits per heavy atom. The summed E-state index contributed by atoms with van der Waals surface area (Å²) in [4.78, 5) is 28.4. The second kappa shape index (κ2) is 7.77. The molecule has 146 valence electrons. The molecule has 0 aliphatic heterocycles. The van der Waals surface area contributed by atoms with Gasteiger partial charge in [-0.25, -0.2) is 9.67 Å². The smallest absolute Gasteiger partial charge is 0.417 e. The lowest BCUT2D eigenvalue weighted by molar-refractivity contribution is -0.138. The highest BCUT2D eigenvalue weighted by Gasteiger charge is 2.31. The topological polar surface area (TPSA) is 88.3 Å². The number of hydrogen-bond acceptors (Lipinski definition) is 4. The fraction of sp³-hybridized carbons (Fsp3) is 0.412. The van der Waals surface area contributed by atoms with Gasteiger partial charge in [-0.05, 0) is 18.1 Å². The van der Waals surface area contributed by atoms with Gasteiger partial charge in [-0.1, -0.05) is 13.8 Å². The van der Waals surface area contributed by atoms with Crippen molar-refractivity contribution in [2.75, 3.05) is 13.6 Å². The normalized spacial score (nSPS) is 11.7. The molecular formula is C17H19F3N4O3. The number of carboxylic acid groups (broad SMARTS) is 1. The van der Waals surface area contributed by atoms with Crippen LogP contribution in [0, 0.1) is 0 Å². The van der Waals surface area contributed by atoms with Crippen molar-refractivity contribution in [2.45, 2.75) is 32.4 Å². The number of nitrogens with zero attached hydrogens (tertiary/aromatic N) is 4. The fourth-order valence-corrected chi connectivity index (χ4v) is 2.51. The van der Waals surface area contributed by atoms with Gasteiger partial charge in [0.25, 0.3) is 5.91 Å². The first kappa shape index (κ1) is 20.4. The molecule has 7 nitrogen and oxygen atoms in total. The molecule has 1 N–H and O–H groups in total. The minimum atomic E-state index is -4.50. The molecule has 2 heterocycles. The lowest BCUT2D eigenvalue weighted by Gasteiger charge is -2.18. The van der Waals surface area contributed by atoms with E-state index in [4.69, 9.17) is 5.11 Å². The van der Waals surface area contributed by atoms with E-state index in [1.54, 1.807) is 0 Å². The van der Waals surface area contributed by atoms with E-state index in [9.17, 15) is 22.8 Å². The maximum atomic E-state index is 12.7. The van der Waals surface area contributed by atoms with Crippen molar-refractivity contribution in [3.63, 3.8) is 0 Å². The molecule has 0 saturated heterocycles. The van der Waals surface area contributed by atoms with Crippen molar-refractivity contribution in [3.8, 4) is 5.82 Å². The van der Waals surface area contributed by atoms with Crippen molar-refractivity contribution in [3.05, 3.63) is 41.3 Å². The van der Waals surface area contributed by atoms with E-state index >= 15 is 0 Å². The summed E-state index contributed by atoms with van der Waals surface area (Å²) in [6, 6.07) is 2.08. The molecule has 10 heteroatoms. The quantitative estimate of drug-likeness (QED) is 0.827. The van der Waals surface area contributed by atoms with Gasteiger partial charge in [0.15, 0.2) is 5.82 Å². The molecule has 2 rings (SSSR count). The van der Waals surface area contributed by atoms with Gasteiger partial charge in [-0.3, -0.25) is 9.59 Å². The molecule has 0 aliphatic carbocycles. The first-order valence-corrected chi connectivity index (χ1v) is 8.11. The first-order chi connectivity index (χ1) is 12.5. The van der Waals surface area contributed by atoms with E-state index in [0.717, 1.165) is 6.07 Å². The number of rotatable bonds is 6. The predicted octanol–water partition coefficient (Wildman–Crippen LogP) is 2.96. The second-order valence-corrected chi connectivity index (χ2v) is 6.28. The van der Waals surface area contributed by atoms with E-state index in [1.807, 2.05) is 13.8 Å². The molecule has 0 bridgehead atoms. The van der Waals surface area contributed by atoms with E-state index < -0.39 is 23.6 Å². The number of hydrogen-bond donors (Lipinski definition) is 1. The van der Waals surface area contributed by atoms with Gasteiger partial charge in [-0.15, -0.1) is 0 Å². The average Bonchev–Trinajstić information content (AvgIpc) is 3.03. The third-order valence-corrected chi connectivity index (χ3v) is 3.88. The van der Waals surface area contributed by atoms with E-state index in [2.05, 4.69) is 10.1 Å². The summed E-state index contributed by atoms with van der Waals surface area (Å²) in [6.07, 6.45) is -2.67. The van der Waals surface area contributed by atoms with E-state index in [1.165, 1.54) is 28.9 Å². The van der Waals surface area contributed by atoms with Crippen molar-refractivity contribution in [1.29, 1.82) is 0 Å². The van der Waals surface area contributed by atoms with Crippen molar-refractivity contribution in [2.24, 2.45) is 0 Å². The molecule has 0 unspecified atom stereocenters. The number of alkyl halides is 3. The third kappa shape index (κ3) is 4.63. The monoisotopic (exact) mass is 384 g/mol. The van der Waals surface area contributed by atoms with Crippen LogP contribution in [0.25, 0.3) is 5.82 Å². The van der Waals surface area contributed by atoms with Gasteiger partial charge >= 0.3 is 12.1 Å². The molecule has 0 saturated carbocycles. The molecular weight excluding hydrogens is 365 g/mol. The molecule has 0 aliphatic rings. The molecule has 2 aromatic heterocycles. The zero-order valence-corrected chi connectivity index (χ0v) is 15.0. The lowest BCUT2D eigenvalue weighted by atomic mass is 10.0. The SMILES string of the molecule is CC(C)c1c(C(=O)N(C)CCC(=O)O)cnn1-c1ccc(C(F)(F)F)cn1. The number of pyridine rings is 1. The number of aliphatic carboxylic acids is 1. The van der Waals surface area contributed by atoms with E-state index in [-0.39, 0.29) is 30.3 Å². The third-order valence-electron chi connectivity index (χ3n) is 3.88. The minimum Gasteiger partial charge on any atom is -0.481 e. The Labute approximate surface area is 153 Å². The maximum absolute atomic E-state index is 12.7. The fourth-order valence-electron chi connectivity index (χ4n) is 2.51. The van der Waals surface area contributed by atoms with Gasteiger partial charge in [0, 0.05) is 19.8 Å². The van der Waals surface area contributed by atoms with Gasteiger partial charge in [-0.2, -0.15) is 18.3 Å². The van der Waals surface area contributed by atoms with Crippen LogP contribution in [-0.4, -0.2) is 50.2 Å². The number of amides is 1. The van der Waals surface area contributed by atoms with Crippen LogP contribution in [0.4, 0.5) is 13.2 Å². The molecule has 0 atom stereocenters. The summed E-state index contributed by atoms with van der Waals surface area (Å²) >= 11 is 0. The molecule has 0 aromatic carbocycles. The number of carboxylic acids is 1. The van der Waals surface area contributed by atoms with Crippen molar-refractivity contribution in [1.82, 2.24) is 19.7 Å². The Balaban J connectivity index is 2.37. The largest absolute Gasteiger partial charge is 0.481 e. The average molecular weight is 384 g/mol. The minimum absolute atomic E-state index is 0.0232. The Hall–Kier alpha value is -2.91. The number of halogens is 3. The van der Waals surface area contributed by atoms with Crippen LogP contribution in [0.15, 0.2) is 24.5 Å². The Morgan fingerprint density at radius 3 is 2.41 bits per heavy atom. The lowest BCUT2D eigenvalue weighted by Crippen LogP contribution is -2.29. The van der Waals surface area contributed by atoms with Crippen LogP contribution >= 0.6 is 0 Å². The summed E-state index contributed by atoms with van der Waals surface area (Å²) in [7, 11) is 1.48. The first-order valence-electron chi connectivity index (χ1n) is 8.11. The Bertz CT molecular complexity index is 829. The Kier molecular flexibility index (Phi) is 5.87. The van der Waals surface area contributed by atoms with Gasteiger partial charge in [0.2, 0.25) is 0 Å². The number of aromatic nitrogens is 3. The second-order valence-electron chi connectivity index (χ2n) is 6.28. The standard InChI is InChI=1S/C17H19F3N4O3/c1-10(2)15-12(16(27)23(3)7-6-14(25)26)9-22-24(15)13-5-4-11(8-21-13)17(18,19)20/h4-5,8-10H,6-7H2,1-3H3,(H,25,26). The van der Waals surface area contributed by atoms with Crippen LogP contribution in [0.2, 0.25) is 0 Å². The molecule has 0 radical (unpaired) electrons. The molecule has 0 spiro atoms. The summed E-state index contributed by atoms with van der Waals surface area (Å²) < 4.78 is 39.4. The highest BCUT2D eigenvalue weighted by atomic mass is 19.4. The molecule has 27 heavy (non-hydrogen) atoms.